The second-order valence-corrected chi connectivity index (χ2v) is 6.64. The molecule has 3 aromatic rings. The van der Waals surface area contributed by atoms with Crippen molar-refractivity contribution in [2.45, 2.75) is 12.5 Å². The molecule has 0 radical (unpaired) electrons. The van der Waals surface area contributed by atoms with Crippen LogP contribution in [0.2, 0.25) is 5.28 Å². The van der Waals surface area contributed by atoms with Crippen LogP contribution in [0.5, 0.6) is 0 Å². The summed E-state index contributed by atoms with van der Waals surface area (Å²) in [6.07, 6.45) is 1.72. The minimum absolute atomic E-state index is 0.0306. The summed E-state index contributed by atoms with van der Waals surface area (Å²) in [6.45, 7) is 0.274. The number of benzene rings is 1. The topological polar surface area (TPSA) is 92.9 Å². The van der Waals surface area contributed by atoms with Crippen molar-refractivity contribution in [2.75, 3.05) is 11.9 Å². The fourth-order valence-corrected chi connectivity index (χ4v) is 3.44. The van der Waals surface area contributed by atoms with Crippen molar-refractivity contribution in [3.63, 3.8) is 0 Å². The van der Waals surface area contributed by atoms with Crippen LogP contribution in [0.3, 0.4) is 0 Å². The van der Waals surface area contributed by atoms with E-state index in [4.69, 9.17) is 16.7 Å². The first-order valence-electron chi connectivity index (χ1n) is 7.18. The molecule has 3 heterocycles. The number of hydrogen-bond acceptors (Lipinski definition) is 5. The van der Waals surface area contributed by atoms with Crippen molar-refractivity contribution in [1.82, 2.24) is 19.7 Å². The molecular weight excluding hydrogens is 398 g/mol. The van der Waals surface area contributed by atoms with Crippen molar-refractivity contribution >= 4 is 50.2 Å². The number of halogens is 2. The predicted octanol–water partition coefficient (Wildman–Crippen LogP) is 2.32. The highest BCUT2D eigenvalue weighted by Crippen LogP contribution is 2.40. The molecule has 2 aromatic heterocycles. The Hall–Kier alpha value is -2.03. The Morgan fingerprint density at radius 1 is 1.38 bits per heavy atom. The van der Waals surface area contributed by atoms with Gasteiger partial charge in [0.1, 0.15) is 5.92 Å². The van der Waals surface area contributed by atoms with Crippen LogP contribution in [0.25, 0.3) is 11.0 Å². The number of hydrogen-bond donors (Lipinski definition) is 2. The highest BCUT2D eigenvalue weighted by atomic mass is 79.9. The number of rotatable bonds is 3. The number of carbonyl (C=O) groups is 1. The van der Waals surface area contributed by atoms with Gasteiger partial charge in [0.25, 0.3) is 0 Å². The highest BCUT2D eigenvalue weighted by Gasteiger charge is 2.35. The molecule has 1 aromatic carbocycles. The molecule has 0 fully saturated rings. The average Bonchev–Trinajstić information content (AvgIpc) is 3.06. The first-order chi connectivity index (χ1) is 11.6. The van der Waals surface area contributed by atoms with Crippen LogP contribution in [0.1, 0.15) is 17.2 Å². The number of carbonyl (C=O) groups excluding carboxylic acids is 1. The van der Waals surface area contributed by atoms with Gasteiger partial charge in [0, 0.05) is 16.4 Å². The number of aromatic nitrogens is 4. The lowest BCUT2D eigenvalue weighted by Crippen LogP contribution is -2.15. The summed E-state index contributed by atoms with van der Waals surface area (Å²) < 4.78 is 2.43. The van der Waals surface area contributed by atoms with Crippen molar-refractivity contribution < 1.29 is 9.90 Å². The molecule has 4 rings (SSSR count). The molecule has 1 aliphatic heterocycles. The molecule has 0 aliphatic carbocycles. The minimum Gasteiger partial charge on any atom is -0.394 e. The van der Waals surface area contributed by atoms with Gasteiger partial charge in [-0.05, 0) is 35.4 Å². The maximum absolute atomic E-state index is 12.5. The molecule has 7 nitrogen and oxygen atoms in total. The Morgan fingerprint density at radius 3 is 3.00 bits per heavy atom. The van der Waals surface area contributed by atoms with Crippen LogP contribution in [0.4, 0.5) is 5.69 Å². The van der Waals surface area contributed by atoms with Gasteiger partial charge in [0.05, 0.1) is 24.2 Å². The Morgan fingerprint density at radius 2 is 2.21 bits per heavy atom. The fraction of sp³-hybridized carbons (Fsp3) is 0.200. The summed E-state index contributed by atoms with van der Waals surface area (Å²) in [7, 11) is 0. The standard InChI is InChI=1S/C15H11BrClN5O2/c16-7-1-2-10-8(5-7)11(14(24)18-10)12-9-6-22(3-4-23)21-13(9)20-15(17)19-12/h1-2,5-6,11,23H,3-4H2,(H,18,24). The molecule has 1 aliphatic rings. The zero-order valence-corrected chi connectivity index (χ0v) is 14.5. The van der Waals surface area contributed by atoms with Gasteiger partial charge < -0.3 is 10.4 Å². The van der Waals surface area contributed by atoms with Gasteiger partial charge in [-0.15, -0.1) is 0 Å². The molecular formula is C15H11BrClN5O2. The number of amides is 1. The van der Waals surface area contributed by atoms with Crippen LogP contribution in [0, 0.1) is 0 Å². The van der Waals surface area contributed by atoms with Crippen LogP contribution >= 0.6 is 27.5 Å². The van der Waals surface area contributed by atoms with E-state index in [0.717, 1.165) is 15.7 Å². The SMILES string of the molecule is O=C1Nc2ccc(Br)cc2C1c1nc(Cl)nc2nn(CCO)cc12. The number of nitrogens with zero attached hydrogens (tertiary/aromatic N) is 4. The molecule has 0 bridgehead atoms. The number of anilines is 1. The fourth-order valence-electron chi connectivity index (χ4n) is 2.89. The van der Waals surface area contributed by atoms with Crippen molar-refractivity contribution in [3.8, 4) is 0 Å². The van der Waals surface area contributed by atoms with E-state index in [1.165, 1.54) is 0 Å². The summed E-state index contributed by atoms with van der Waals surface area (Å²) in [5.41, 5.74) is 2.47. The Kier molecular flexibility index (Phi) is 3.75. The van der Waals surface area contributed by atoms with Crippen molar-refractivity contribution in [2.24, 2.45) is 0 Å². The molecule has 122 valence electrons. The number of aliphatic hydroxyl groups is 1. The molecule has 1 atom stereocenters. The lowest BCUT2D eigenvalue weighted by Gasteiger charge is -2.09. The number of nitrogens with one attached hydrogen (secondary N) is 1. The van der Waals surface area contributed by atoms with E-state index in [2.05, 4.69) is 36.3 Å². The van der Waals surface area contributed by atoms with Gasteiger partial charge in [0.15, 0.2) is 5.65 Å². The molecule has 0 saturated heterocycles. The first-order valence-corrected chi connectivity index (χ1v) is 8.35. The quantitative estimate of drug-likeness (QED) is 0.649. The number of fused-ring (bicyclic) bond motifs is 2. The Balaban J connectivity index is 1.93. The molecule has 9 heteroatoms. The molecule has 1 amide bonds. The summed E-state index contributed by atoms with van der Waals surface area (Å²) >= 11 is 9.46. The third-order valence-corrected chi connectivity index (χ3v) is 4.54. The van der Waals surface area contributed by atoms with E-state index in [0.29, 0.717) is 23.3 Å². The van der Waals surface area contributed by atoms with Crippen LogP contribution in [0.15, 0.2) is 28.9 Å². The van der Waals surface area contributed by atoms with Gasteiger partial charge in [-0.2, -0.15) is 10.1 Å². The maximum Gasteiger partial charge on any atom is 0.238 e. The van der Waals surface area contributed by atoms with Crippen molar-refractivity contribution in [1.29, 1.82) is 0 Å². The average molecular weight is 409 g/mol. The van der Waals surface area contributed by atoms with E-state index in [1.807, 2.05) is 18.2 Å². The monoisotopic (exact) mass is 407 g/mol. The summed E-state index contributed by atoms with van der Waals surface area (Å²) in [5.74, 6) is -0.763. The molecule has 0 spiro atoms. The Bertz CT molecular complexity index is 974. The number of aliphatic hydroxyl groups excluding tert-OH is 1. The molecule has 1 unspecified atom stereocenters. The van der Waals surface area contributed by atoms with Crippen LogP contribution < -0.4 is 5.32 Å². The van der Waals surface area contributed by atoms with Gasteiger partial charge in [0.2, 0.25) is 11.2 Å². The second kappa shape index (κ2) is 5.80. The summed E-state index contributed by atoms with van der Waals surface area (Å²) in [5, 5.41) is 16.9. The zero-order chi connectivity index (χ0) is 16.8. The van der Waals surface area contributed by atoms with Crippen molar-refractivity contribution in [3.05, 3.63) is 45.4 Å². The molecule has 0 saturated carbocycles. The largest absolute Gasteiger partial charge is 0.394 e. The maximum atomic E-state index is 12.5. The normalized spacial score (nSPS) is 16.5. The van der Waals surface area contributed by atoms with Gasteiger partial charge in [-0.25, -0.2) is 4.98 Å². The van der Waals surface area contributed by atoms with E-state index < -0.39 is 5.92 Å². The predicted molar refractivity (Wildman–Crippen MR) is 92.0 cm³/mol. The molecule has 2 N–H and O–H groups in total. The van der Waals surface area contributed by atoms with E-state index in [-0.39, 0.29) is 17.8 Å². The van der Waals surface area contributed by atoms with E-state index in [1.54, 1.807) is 10.9 Å². The third-order valence-electron chi connectivity index (χ3n) is 3.88. The van der Waals surface area contributed by atoms with E-state index >= 15 is 0 Å². The summed E-state index contributed by atoms with van der Waals surface area (Å²) in [6, 6.07) is 5.59. The smallest absolute Gasteiger partial charge is 0.238 e. The first kappa shape index (κ1) is 15.5. The Labute approximate surface area is 149 Å². The lowest BCUT2D eigenvalue weighted by atomic mass is 9.95. The van der Waals surface area contributed by atoms with Crippen LogP contribution in [-0.2, 0) is 11.3 Å². The minimum atomic E-state index is -0.590. The highest BCUT2D eigenvalue weighted by molar-refractivity contribution is 9.10. The molecule has 24 heavy (non-hydrogen) atoms. The summed E-state index contributed by atoms with van der Waals surface area (Å²) in [4.78, 5) is 20.9. The zero-order valence-electron chi connectivity index (χ0n) is 12.2. The van der Waals surface area contributed by atoms with Crippen LogP contribution in [-0.4, -0.2) is 37.4 Å². The second-order valence-electron chi connectivity index (χ2n) is 5.38. The van der Waals surface area contributed by atoms with E-state index in [9.17, 15) is 4.79 Å². The van der Waals surface area contributed by atoms with Gasteiger partial charge in [-0.1, -0.05) is 15.9 Å². The van der Waals surface area contributed by atoms with Gasteiger partial charge in [-0.3, -0.25) is 9.48 Å². The third kappa shape index (κ3) is 2.47. The van der Waals surface area contributed by atoms with Gasteiger partial charge >= 0.3 is 0 Å². The lowest BCUT2D eigenvalue weighted by molar-refractivity contribution is -0.116.